The Balaban J connectivity index is 0.00000121. The van der Waals surface area contributed by atoms with Crippen LogP contribution in [0.2, 0.25) is 0 Å². The topological polar surface area (TPSA) is 0 Å². The summed E-state index contributed by atoms with van der Waals surface area (Å²) < 4.78 is 0. The first-order chi connectivity index (χ1) is 5.43. The van der Waals surface area contributed by atoms with Crippen LogP contribution in [0.3, 0.4) is 0 Å². The third-order valence-electron chi connectivity index (χ3n) is 1.86. The quantitative estimate of drug-likeness (QED) is 0.238. The zero-order chi connectivity index (χ0) is 7.94. The second-order valence-electron chi connectivity index (χ2n) is 2.87. The fourth-order valence-electron chi connectivity index (χ4n) is 1.17. The number of unbranched alkanes of at least 4 members (excludes halogenated alkanes) is 2. The van der Waals surface area contributed by atoms with Crippen molar-refractivity contribution < 1.29 is 18.9 Å². The van der Waals surface area contributed by atoms with Crippen LogP contribution in [0.15, 0.2) is 29.5 Å². The van der Waals surface area contributed by atoms with Gasteiger partial charge in [-0.1, -0.05) is 32.6 Å². The zero-order valence-electron chi connectivity index (χ0n) is 8.14. The Hall–Kier alpha value is -0.273. The van der Waals surface area contributed by atoms with Crippen molar-refractivity contribution in [3.63, 3.8) is 0 Å². The molecule has 0 radical (unpaired) electrons. The molecule has 0 bridgehead atoms. The van der Waals surface area contributed by atoms with Crippen molar-refractivity contribution in [3.05, 3.63) is 36.0 Å². The van der Waals surface area contributed by atoms with Crippen LogP contribution in [0.25, 0.3) is 0 Å². The molecule has 0 aliphatic heterocycles. The maximum absolute atomic E-state index is 3.02. The average molecular weight is 154 g/mol. The molecule has 0 saturated carbocycles. The summed E-state index contributed by atoms with van der Waals surface area (Å²) in [4.78, 5) is 0. The van der Waals surface area contributed by atoms with Crippen LogP contribution in [-0.2, 0) is 0 Å². The first-order valence-electron chi connectivity index (χ1n) is 4.38. The Bertz CT molecular complexity index is 195. The van der Waals surface area contributed by atoms with Crippen molar-refractivity contribution in [1.29, 1.82) is 0 Å². The molecule has 0 aromatic rings. The number of hydrogen-bond acceptors (Lipinski definition) is 0. The Labute approximate surface area is 87.6 Å². The van der Waals surface area contributed by atoms with E-state index in [1.165, 1.54) is 31.3 Å². The summed E-state index contributed by atoms with van der Waals surface area (Å²) in [7, 11) is 0. The van der Waals surface area contributed by atoms with E-state index in [1.54, 1.807) is 0 Å². The van der Waals surface area contributed by atoms with E-state index < -0.39 is 0 Å². The standard InChI is InChI=1S/C11H15.Li/c1-2-3-5-8-11-9-6-4-7-10-11;/h6-7,9-10H,2-3,5,8H2,1H3;/q-1;+1. The molecule has 0 aromatic heterocycles. The van der Waals surface area contributed by atoms with Gasteiger partial charge in [-0.2, -0.15) is 18.1 Å². The Morgan fingerprint density at radius 1 is 1.42 bits per heavy atom. The third kappa shape index (κ3) is 4.57. The molecule has 0 spiro atoms. The van der Waals surface area contributed by atoms with Gasteiger partial charge in [0.15, 0.2) is 0 Å². The molecular weight excluding hydrogens is 139 g/mol. The third-order valence-corrected chi connectivity index (χ3v) is 1.86. The van der Waals surface area contributed by atoms with E-state index in [-0.39, 0.29) is 18.9 Å². The maximum Gasteiger partial charge on any atom is 1.00 e. The van der Waals surface area contributed by atoms with Crippen molar-refractivity contribution in [2.45, 2.75) is 32.6 Å². The Morgan fingerprint density at radius 2 is 2.25 bits per heavy atom. The molecule has 12 heavy (non-hydrogen) atoms. The summed E-state index contributed by atoms with van der Waals surface area (Å²) in [6, 6.07) is 0. The minimum atomic E-state index is 0. The molecule has 0 aromatic carbocycles. The summed E-state index contributed by atoms with van der Waals surface area (Å²) in [5, 5.41) is 0. The van der Waals surface area contributed by atoms with Crippen LogP contribution < -0.4 is 18.9 Å². The van der Waals surface area contributed by atoms with Gasteiger partial charge in [0.1, 0.15) is 0 Å². The van der Waals surface area contributed by atoms with E-state index in [0.29, 0.717) is 0 Å². The van der Waals surface area contributed by atoms with Crippen LogP contribution in [0.5, 0.6) is 0 Å². The summed E-state index contributed by atoms with van der Waals surface area (Å²) in [5.41, 5.74) is 4.47. The molecule has 0 N–H and O–H groups in total. The molecule has 0 saturated heterocycles. The minimum absolute atomic E-state index is 0. The van der Waals surface area contributed by atoms with Gasteiger partial charge in [-0.25, -0.2) is 0 Å². The fourth-order valence-corrected chi connectivity index (χ4v) is 1.17. The van der Waals surface area contributed by atoms with Crippen molar-refractivity contribution in [3.8, 4) is 0 Å². The smallest absolute Gasteiger partial charge is 0.284 e. The van der Waals surface area contributed by atoms with Gasteiger partial charge in [0.2, 0.25) is 0 Å². The number of allylic oxidation sites excluding steroid dienone is 3. The van der Waals surface area contributed by atoms with Crippen LogP contribution in [0, 0.1) is 6.42 Å². The van der Waals surface area contributed by atoms with E-state index in [1.807, 2.05) is 12.2 Å². The largest absolute Gasteiger partial charge is 1.00 e. The minimum Gasteiger partial charge on any atom is -0.284 e. The van der Waals surface area contributed by atoms with E-state index >= 15 is 0 Å². The second-order valence-corrected chi connectivity index (χ2v) is 2.87. The van der Waals surface area contributed by atoms with Gasteiger partial charge in [-0.05, 0) is 0 Å². The predicted octanol–water partition coefficient (Wildman–Crippen LogP) is 0.426. The van der Waals surface area contributed by atoms with Crippen molar-refractivity contribution >= 4 is 0 Å². The Morgan fingerprint density at radius 3 is 2.83 bits per heavy atom. The van der Waals surface area contributed by atoms with Gasteiger partial charge in [-0.3, -0.25) is 5.73 Å². The monoisotopic (exact) mass is 154 g/mol. The molecule has 1 rings (SSSR count). The summed E-state index contributed by atoms with van der Waals surface area (Å²) >= 11 is 0. The van der Waals surface area contributed by atoms with E-state index in [2.05, 4.69) is 25.2 Å². The van der Waals surface area contributed by atoms with Crippen molar-refractivity contribution in [2.75, 3.05) is 0 Å². The molecule has 0 atom stereocenters. The SMILES string of the molecule is CCCCCC1=CC=C=C[CH-]1.[Li+]. The van der Waals surface area contributed by atoms with E-state index in [4.69, 9.17) is 0 Å². The van der Waals surface area contributed by atoms with Gasteiger partial charge in [0, 0.05) is 0 Å². The van der Waals surface area contributed by atoms with Crippen LogP contribution in [-0.4, -0.2) is 0 Å². The predicted molar refractivity (Wildman–Crippen MR) is 49.2 cm³/mol. The normalized spacial score (nSPS) is 13.2. The number of hydrogen-bond donors (Lipinski definition) is 0. The molecule has 1 aliphatic rings. The van der Waals surface area contributed by atoms with Gasteiger partial charge in [0.25, 0.3) is 0 Å². The molecular formula is C11H15Li. The summed E-state index contributed by atoms with van der Waals surface area (Å²) in [6.45, 7) is 2.23. The molecule has 0 fully saturated rings. The molecule has 1 heteroatoms. The van der Waals surface area contributed by atoms with Crippen molar-refractivity contribution in [1.82, 2.24) is 0 Å². The second kappa shape index (κ2) is 7.38. The first-order valence-corrected chi connectivity index (χ1v) is 4.38. The van der Waals surface area contributed by atoms with E-state index in [9.17, 15) is 0 Å². The van der Waals surface area contributed by atoms with Gasteiger partial charge < -0.3 is 0 Å². The molecule has 0 unspecified atom stereocenters. The van der Waals surface area contributed by atoms with Gasteiger partial charge >= 0.3 is 18.9 Å². The summed E-state index contributed by atoms with van der Waals surface area (Å²) in [5.74, 6) is 0. The van der Waals surface area contributed by atoms with E-state index in [0.717, 1.165) is 0 Å². The molecule has 0 nitrogen and oxygen atoms in total. The fraction of sp³-hybridized carbons (Fsp3) is 0.455. The summed E-state index contributed by atoms with van der Waals surface area (Å²) in [6.07, 6.45) is 13.5. The Kier molecular flexibility index (Phi) is 7.21. The van der Waals surface area contributed by atoms with Gasteiger partial charge in [0.05, 0.1) is 0 Å². The van der Waals surface area contributed by atoms with Crippen LogP contribution in [0.1, 0.15) is 32.6 Å². The van der Waals surface area contributed by atoms with Crippen molar-refractivity contribution in [2.24, 2.45) is 0 Å². The maximum atomic E-state index is 3.02. The molecule has 0 amide bonds. The molecule has 1 aliphatic carbocycles. The van der Waals surface area contributed by atoms with Crippen LogP contribution in [0.4, 0.5) is 0 Å². The van der Waals surface area contributed by atoms with Crippen LogP contribution >= 0.6 is 0 Å². The molecule has 0 heterocycles. The first kappa shape index (κ1) is 11.7. The average Bonchev–Trinajstić information content (AvgIpc) is 2.07. The molecule has 60 valence electrons. The number of rotatable bonds is 4. The zero-order valence-corrected chi connectivity index (χ0v) is 8.14. The van der Waals surface area contributed by atoms with Gasteiger partial charge in [-0.15, -0.1) is 12.2 Å².